The molecule has 2 aromatic rings. The minimum atomic E-state index is -0.850. The fourth-order valence-corrected chi connectivity index (χ4v) is 2.01. The lowest BCUT2D eigenvalue weighted by molar-refractivity contribution is -0.136. The van der Waals surface area contributed by atoms with Gasteiger partial charge >= 0.3 is 5.97 Å². The van der Waals surface area contributed by atoms with Gasteiger partial charge in [0.05, 0.1) is 7.11 Å². The third kappa shape index (κ3) is 2.54. The number of methoxy groups -OCH3 is 1. The number of aryl methyl sites for hydroxylation is 1. The standard InChI is InChI=1S/C13H12ClNO3/c1-18-10-4-2-3-8-7-9(5-6-11(16)17)13(14)15-12(8)10/h2-4,7H,5-6H2,1H3,(H,16,17). The summed E-state index contributed by atoms with van der Waals surface area (Å²) in [5.41, 5.74) is 1.42. The predicted octanol–water partition coefficient (Wildman–Crippen LogP) is 2.91. The number of hydrogen-bond donors (Lipinski definition) is 1. The zero-order chi connectivity index (χ0) is 13.1. The molecule has 1 aromatic carbocycles. The van der Waals surface area contributed by atoms with Crippen molar-refractivity contribution in [3.63, 3.8) is 0 Å². The molecule has 0 saturated heterocycles. The van der Waals surface area contributed by atoms with Crippen LogP contribution in [0.5, 0.6) is 5.75 Å². The summed E-state index contributed by atoms with van der Waals surface area (Å²) in [6.45, 7) is 0. The maximum Gasteiger partial charge on any atom is 0.303 e. The highest BCUT2D eigenvalue weighted by Gasteiger charge is 2.09. The molecule has 1 aromatic heterocycles. The molecule has 0 radical (unpaired) electrons. The summed E-state index contributed by atoms with van der Waals surface area (Å²) in [7, 11) is 1.57. The Morgan fingerprint density at radius 3 is 2.94 bits per heavy atom. The van der Waals surface area contributed by atoms with Crippen molar-refractivity contribution in [2.75, 3.05) is 7.11 Å². The minimum absolute atomic E-state index is 0.0386. The summed E-state index contributed by atoms with van der Waals surface area (Å²) >= 11 is 6.06. The molecule has 0 aliphatic carbocycles. The maximum absolute atomic E-state index is 10.6. The number of aromatic nitrogens is 1. The number of rotatable bonds is 4. The van der Waals surface area contributed by atoms with Crippen LogP contribution in [0.25, 0.3) is 10.9 Å². The first-order chi connectivity index (χ1) is 8.61. The summed E-state index contributed by atoms with van der Waals surface area (Å²) in [6.07, 6.45) is 0.408. The van der Waals surface area contributed by atoms with Crippen molar-refractivity contribution >= 4 is 28.5 Å². The number of carboxylic acids is 1. The van der Waals surface area contributed by atoms with Gasteiger partial charge in [-0.05, 0) is 24.1 Å². The third-order valence-corrected chi connectivity index (χ3v) is 2.99. The first kappa shape index (κ1) is 12.6. The van der Waals surface area contributed by atoms with Gasteiger partial charge in [0.1, 0.15) is 16.4 Å². The van der Waals surface area contributed by atoms with Gasteiger partial charge in [0.15, 0.2) is 0 Å². The lowest BCUT2D eigenvalue weighted by atomic mass is 10.1. The van der Waals surface area contributed by atoms with Crippen molar-refractivity contribution in [2.45, 2.75) is 12.8 Å². The van der Waals surface area contributed by atoms with Crippen LogP contribution in [-0.2, 0) is 11.2 Å². The van der Waals surface area contributed by atoms with Gasteiger partial charge in [0.25, 0.3) is 0 Å². The van der Waals surface area contributed by atoms with Gasteiger partial charge in [0, 0.05) is 11.8 Å². The number of halogens is 1. The zero-order valence-electron chi connectivity index (χ0n) is 9.81. The molecule has 0 spiro atoms. The second kappa shape index (κ2) is 5.23. The second-order valence-electron chi connectivity index (χ2n) is 3.86. The Balaban J connectivity index is 2.46. The summed E-state index contributed by atoms with van der Waals surface area (Å²) in [5.74, 6) is -0.198. The van der Waals surface area contributed by atoms with Gasteiger partial charge in [0.2, 0.25) is 0 Å². The SMILES string of the molecule is COc1cccc2cc(CCC(=O)O)c(Cl)nc12. The van der Waals surface area contributed by atoms with E-state index in [1.165, 1.54) is 0 Å². The number of hydrogen-bond acceptors (Lipinski definition) is 3. The van der Waals surface area contributed by atoms with E-state index in [1.807, 2.05) is 24.3 Å². The largest absolute Gasteiger partial charge is 0.494 e. The first-order valence-corrected chi connectivity index (χ1v) is 5.83. The quantitative estimate of drug-likeness (QED) is 0.864. The molecule has 0 bridgehead atoms. The van der Waals surface area contributed by atoms with Gasteiger partial charge in [-0.25, -0.2) is 4.98 Å². The van der Waals surface area contributed by atoms with Crippen LogP contribution in [-0.4, -0.2) is 23.2 Å². The summed E-state index contributed by atoms with van der Waals surface area (Å²) in [6, 6.07) is 7.42. The van der Waals surface area contributed by atoms with E-state index in [1.54, 1.807) is 7.11 Å². The van der Waals surface area contributed by atoms with E-state index >= 15 is 0 Å². The van der Waals surface area contributed by atoms with Gasteiger partial charge in [-0.2, -0.15) is 0 Å². The van der Waals surface area contributed by atoms with Crippen molar-refractivity contribution in [3.8, 4) is 5.75 Å². The van der Waals surface area contributed by atoms with Crippen molar-refractivity contribution in [1.82, 2.24) is 4.98 Å². The van der Waals surface area contributed by atoms with Gasteiger partial charge in [-0.1, -0.05) is 23.7 Å². The molecule has 2 rings (SSSR count). The summed E-state index contributed by atoms with van der Waals surface area (Å²) in [4.78, 5) is 14.8. The van der Waals surface area contributed by atoms with Crippen LogP contribution >= 0.6 is 11.6 Å². The van der Waals surface area contributed by atoms with Crippen molar-refractivity contribution in [2.24, 2.45) is 0 Å². The number of carbonyl (C=O) groups is 1. The van der Waals surface area contributed by atoms with Crippen LogP contribution in [0.15, 0.2) is 24.3 Å². The molecule has 1 heterocycles. The molecule has 0 atom stereocenters. The van der Waals surface area contributed by atoms with E-state index in [0.717, 1.165) is 10.9 Å². The van der Waals surface area contributed by atoms with Gasteiger partial charge in [-0.15, -0.1) is 0 Å². The lowest BCUT2D eigenvalue weighted by Crippen LogP contribution is -1.99. The molecular formula is C13H12ClNO3. The smallest absolute Gasteiger partial charge is 0.303 e. The topological polar surface area (TPSA) is 59.4 Å². The number of pyridine rings is 1. The molecule has 18 heavy (non-hydrogen) atoms. The van der Waals surface area contributed by atoms with Crippen LogP contribution in [0.2, 0.25) is 5.15 Å². The molecule has 94 valence electrons. The second-order valence-corrected chi connectivity index (χ2v) is 4.22. The average Bonchev–Trinajstić information content (AvgIpc) is 2.35. The van der Waals surface area contributed by atoms with Gasteiger partial charge < -0.3 is 9.84 Å². The number of benzene rings is 1. The minimum Gasteiger partial charge on any atom is -0.494 e. The summed E-state index contributed by atoms with van der Waals surface area (Å²) < 4.78 is 5.21. The van der Waals surface area contributed by atoms with Crippen molar-refractivity contribution in [1.29, 1.82) is 0 Å². The van der Waals surface area contributed by atoms with Crippen molar-refractivity contribution in [3.05, 3.63) is 35.0 Å². The monoisotopic (exact) mass is 265 g/mol. The Labute approximate surface area is 109 Å². The molecule has 0 aliphatic heterocycles. The normalized spacial score (nSPS) is 10.6. The van der Waals surface area contributed by atoms with E-state index in [4.69, 9.17) is 21.4 Å². The van der Waals surface area contributed by atoms with Crippen LogP contribution in [0.4, 0.5) is 0 Å². The summed E-state index contributed by atoms with van der Waals surface area (Å²) in [5, 5.41) is 9.89. The van der Waals surface area contributed by atoms with E-state index < -0.39 is 5.97 Å². The molecule has 0 fully saturated rings. The molecule has 0 aliphatic rings. The van der Waals surface area contributed by atoms with Crippen LogP contribution < -0.4 is 4.74 Å². The number of para-hydroxylation sites is 1. The Morgan fingerprint density at radius 1 is 1.50 bits per heavy atom. The number of aliphatic carboxylic acids is 1. The van der Waals surface area contributed by atoms with E-state index in [2.05, 4.69) is 4.98 Å². The van der Waals surface area contributed by atoms with E-state index in [0.29, 0.717) is 22.8 Å². The Bertz CT molecular complexity index is 598. The molecule has 0 unspecified atom stereocenters. The highest BCUT2D eigenvalue weighted by molar-refractivity contribution is 6.30. The Hall–Kier alpha value is -1.81. The fraction of sp³-hybridized carbons (Fsp3) is 0.231. The van der Waals surface area contributed by atoms with Crippen molar-refractivity contribution < 1.29 is 14.6 Å². The predicted molar refractivity (Wildman–Crippen MR) is 69.3 cm³/mol. The molecule has 5 heteroatoms. The van der Waals surface area contributed by atoms with E-state index in [-0.39, 0.29) is 6.42 Å². The number of nitrogens with zero attached hydrogens (tertiary/aromatic N) is 1. The third-order valence-electron chi connectivity index (χ3n) is 2.66. The number of carboxylic acid groups (broad SMARTS) is 1. The first-order valence-electron chi connectivity index (χ1n) is 5.45. The zero-order valence-corrected chi connectivity index (χ0v) is 10.6. The van der Waals surface area contributed by atoms with Crippen LogP contribution in [0.3, 0.4) is 0 Å². The average molecular weight is 266 g/mol. The van der Waals surface area contributed by atoms with Crippen LogP contribution in [0.1, 0.15) is 12.0 Å². The fourth-order valence-electron chi connectivity index (χ4n) is 1.77. The van der Waals surface area contributed by atoms with Crippen LogP contribution in [0, 0.1) is 0 Å². The lowest BCUT2D eigenvalue weighted by Gasteiger charge is -2.08. The maximum atomic E-state index is 10.6. The molecule has 1 N–H and O–H groups in total. The number of ether oxygens (including phenoxy) is 1. The highest BCUT2D eigenvalue weighted by Crippen LogP contribution is 2.27. The highest BCUT2D eigenvalue weighted by atomic mass is 35.5. The Kier molecular flexibility index (Phi) is 3.67. The van der Waals surface area contributed by atoms with E-state index in [9.17, 15) is 4.79 Å². The number of fused-ring (bicyclic) bond motifs is 1. The molecular weight excluding hydrogens is 254 g/mol. The molecule has 4 nitrogen and oxygen atoms in total. The molecule has 0 amide bonds. The Morgan fingerprint density at radius 2 is 2.28 bits per heavy atom. The molecule has 0 saturated carbocycles. The van der Waals surface area contributed by atoms with Gasteiger partial charge in [-0.3, -0.25) is 4.79 Å².